The number of fused-ring (bicyclic) bond motifs is 1. The number of pyridine rings is 1. The number of nitrogens with zero attached hydrogens (tertiary/aromatic N) is 4. The number of rotatable bonds is 3. The Balaban J connectivity index is 1.85. The maximum Gasteiger partial charge on any atom is 0.144 e. The van der Waals surface area contributed by atoms with Crippen molar-refractivity contribution in [1.82, 2.24) is 14.8 Å². The first-order valence-electron chi connectivity index (χ1n) is 6.91. The van der Waals surface area contributed by atoms with Crippen LogP contribution < -0.4 is 5.32 Å². The fourth-order valence-corrected chi connectivity index (χ4v) is 2.60. The fraction of sp³-hybridized carbons (Fsp3) is 0.400. The van der Waals surface area contributed by atoms with Crippen LogP contribution in [0.5, 0.6) is 0 Å². The highest BCUT2D eigenvalue weighted by Gasteiger charge is 2.15. The summed E-state index contributed by atoms with van der Waals surface area (Å²) in [5, 5.41) is 16.7. The molecule has 1 aliphatic rings. The van der Waals surface area contributed by atoms with E-state index in [-0.39, 0.29) is 0 Å². The summed E-state index contributed by atoms with van der Waals surface area (Å²) in [6.45, 7) is 0.622. The third-order valence-electron chi connectivity index (χ3n) is 3.78. The minimum Gasteiger partial charge on any atom is -0.363 e. The summed E-state index contributed by atoms with van der Waals surface area (Å²) in [6.07, 6.45) is 6.21. The lowest BCUT2D eigenvalue weighted by atomic mass is 9.95. The number of aromatic nitrogens is 3. The van der Waals surface area contributed by atoms with Crippen LogP contribution in [0, 0.1) is 11.3 Å². The van der Waals surface area contributed by atoms with Gasteiger partial charge in [-0.1, -0.05) is 0 Å². The number of anilines is 1. The molecule has 0 fully saturated rings. The first-order valence-corrected chi connectivity index (χ1v) is 6.91. The molecule has 0 saturated carbocycles. The fourth-order valence-electron chi connectivity index (χ4n) is 2.60. The molecule has 0 amide bonds. The molecule has 0 spiro atoms. The molecule has 2 heterocycles. The zero-order valence-corrected chi connectivity index (χ0v) is 11.6. The largest absolute Gasteiger partial charge is 0.363 e. The lowest BCUT2D eigenvalue weighted by molar-refractivity contribution is 0.667. The summed E-state index contributed by atoms with van der Waals surface area (Å²) in [5.74, 6) is 0.689. The molecule has 1 aliphatic carbocycles. The van der Waals surface area contributed by atoms with Crippen molar-refractivity contribution in [3.8, 4) is 6.07 Å². The Morgan fingerprint density at radius 2 is 2.25 bits per heavy atom. The van der Waals surface area contributed by atoms with Crippen molar-refractivity contribution in [2.75, 3.05) is 5.32 Å². The highest BCUT2D eigenvalue weighted by atomic mass is 15.3. The number of nitrogens with one attached hydrogen (secondary N) is 1. The van der Waals surface area contributed by atoms with Gasteiger partial charge in [0.2, 0.25) is 0 Å². The van der Waals surface area contributed by atoms with Crippen molar-refractivity contribution in [1.29, 1.82) is 5.26 Å². The minimum absolute atomic E-state index is 0.622. The van der Waals surface area contributed by atoms with E-state index in [1.165, 1.54) is 18.4 Å². The Morgan fingerprint density at radius 1 is 1.40 bits per heavy atom. The Hall–Kier alpha value is -2.35. The second kappa shape index (κ2) is 5.33. The molecule has 3 rings (SSSR count). The summed E-state index contributed by atoms with van der Waals surface area (Å²) < 4.78 is 1.82. The maximum atomic E-state index is 9.28. The quantitative estimate of drug-likeness (QED) is 0.925. The van der Waals surface area contributed by atoms with Gasteiger partial charge in [-0.25, -0.2) is 4.98 Å². The Morgan fingerprint density at radius 3 is 3.00 bits per heavy atom. The molecule has 0 unspecified atom stereocenters. The lowest BCUT2D eigenvalue weighted by Gasteiger charge is -2.17. The van der Waals surface area contributed by atoms with Gasteiger partial charge in [0.05, 0.1) is 17.8 Å². The van der Waals surface area contributed by atoms with Crippen LogP contribution in [0.2, 0.25) is 0 Å². The van der Waals surface area contributed by atoms with E-state index in [9.17, 15) is 5.26 Å². The standard InChI is InChI=1S/C15H17N5/c1-20-13(6-7-18-20)10-17-15-12(9-16)8-11-4-2-3-5-14(11)19-15/h6-8H,2-5,10H2,1H3,(H,17,19). The number of nitriles is 1. The molecule has 0 saturated heterocycles. The van der Waals surface area contributed by atoms with Crippen molar-refractivity contribution < 1.29 is 0 Å². The first kappa shape index (κ1) is 12.7. The number of hydrogen-bond donors (Lipinski definition) is 1. The summed E-state index contributed by atoms with van der Waals surface area (Å²) in [7, 11) is 1.91. The van der Waals surface area contributed by atoms with Crippen LogP contribution in [0.25, 0.3) is 0 Å². The van der Waals surface area contributed by atoms with Gasteiger partial charge in [0, 0.05) is 18.9 Å². The molecule has 5 nitrogen and oxygen atoms in total. The monoisotopic (exact) mass is 267 g/mol. The first-order chi connectivity index (χ1) is 9.78. The molecule has 20 heavy (non-hydrogen) atoms. The van der Waals surface area contributed by atoms with Gasteiger partial charge >= 0.3 is 0 Å². The van der Waals surface area contributed by atoms with E-state index in [4.69, 9.17) is 0 Å². The molecule has 0 atom stereocenters. The van der Waals surface area contributed by atoms with Crippen LogP contribution in [0.3, 0.4) is 0 Å². The summed E-state index contributed by atoms with van der Waals surface area (Å²) in [6, 6.07) is 6.19. The second-order valence-electron chi connectivity index (χ2n) is 5.11. The van der Waals surface area contributed by atoms with E-state index in [0.29, 0.717) is 17.9 Å². The molecule has 2 aromatic heterocycles. The van der Waals surface area contributed by atoms with Gasteiger partial charge in [0.15, 0.2) is 0 Å². The predicted octanol–water partition coefficient (Wildman–Crippen LogP) is 2.18. The van der Waals surface area contributed by atoms with Gasteiger partial charge in [-0.05, 0) is 43.4 Å². The Labute approximate surface area is 118 Å². The summed E-state index contributed by atoms with van der Waals surface area (Å²) >= 11 is 0. The van der Waals surface area contributed by atoms with E-state index in [0.717, 1.165) is 24.2 Å². The van der Waals surface area contributed by atoms with Crippen molar-refractivity contribution in [3.63, 3.8) is 0 Å². The number of hydrogen-bond acceptors (Lipinski definition) is 4. The van der Waals surface area contributed by atoms with Gasteiger partial charge in [-0.2, -0.15) is 10.4 Å². The summed E-state index contributed by atoms with van der Waals surface area (Å²) in [4.78, 5) is 4.65. The Kier molecular flexibility index (Phi) is 3.38. The molecule has 5 heteroatoms. The molecular weight excluding hydrogens is 250 g/mol. The molecule has 102 valence electrons. The van der Waals surface area contributed by atoms with Crippen molar-refractivity contribution in [2.45, 2.75) is 32.2 Å². The van der Waals surface area contributed by atoms with Crippen molar-refractivity contribution in [3.05, 3.63) is 40.8 Å². The van der Waals surface area contributed by atoms with E-state index >= 15 is 0 Å². The maximum absolute atomic E-state index is 9.28. The van der Waals surface area contributed by atoms with Gasteiger partial charge in [-0.15, -0.1) is 0 Å². The normalized spacial score (nSPS) is 13.6. The van der Waals surface area contributed by atoms with Crippen LogP contribution in [0.4, 0.5) is 5.82 Å². The average molecular weight is 267 g/mol. The van der Waals surface area contributed by atoms with Crippen LogP contribution >= 0.6 is 0 Å². The summed E-state index contributed by atoms with van der Waals surface area (Å²) in [5.41, 5.74) is 4.07. The zero-order chi connectivity index (χ0) is 13.9. The molecule has 0 bridgehead atoms. The smallest absolute Gasteiger partial charge is 0.144 e. The van der Waals surface area contributed by atoms with Crippen molar-refractivity contribution >= 4 is 5.82 Å². The molecule has 0 aliphatic heterocycles. The third kappa shape index (κ3) is 2.37. The van der Waals surface area contributed by atoms with E-state index in [1.54, 1.807) is 6.20 Å². The predicted molar refractivity (Wildman–Crippen MR) is 76.1 cm³/mol. The van der Waals surface area contributed by atoms with Crippen LogP contribution in [0.15, 0.2) is 18.3 Å². The highest BCUT2D eigenvalue weighted by molar-refractivity contribution is 5.54. The van der Waals surface area contributed by atoms with Crippen LogP contribution in [-0.2, 0) is 26.4 Å². The molecule has 1 N–H and O–H groups in total. The Bertz CT molecular complexity index is 665. The third-order valence-corrected chi connectivity index (χ3v) is 3.78. The number of aryl methyl sites for hydroxylation is 3. The van der Waals surface area contributed by atoms with Crippen molar-refractivity contribution in [2.24, 2.45) is 7.05 Å². The SMILES string of the molecule is Cn1nccc1CNc1nc2c(cc1C#N)CCCC2. The van der Waals surface area contributed by atoms with Crippen LogP contribution in [0.1, 0.15) is 35.4 Å². The molecule has 2 aromatic rings. The second-order valence-corrected chi connectivity index (χ2v) is 5.11. The van der Waals surface area contributed by atoms with E-state index < -0.39 is 0 Å². The van der Waals surface area contributed by atoms with Crippen LogP contribution in [-0.4, -0.2) is 14.8 Å². The van der Waals surface area contributed by atoms with Gasteiger partial charge in [-0.3, -0.25) is 4.68 Å². The van der Waals surface area contributed by atoms with Gasteiger partial charge in [0.25, 0.3) is 0 Å². The lowest BCUT2D eigenvalue weighted by Crippen LogP contribution is -2.12. The van der Waals surface area contributed by atoms with E-state index in [2.05, 4.69) is 21.5 Å². The zero-order valence-electron chi connectivity index (χ0n) is 11.6. The van der Waals surface area contributed by atoms with Gasteiger partial charge < -0.3 is 5.32 Å². The topological polar surface area (TPSA) is 66.5 Å². The highest BCUT2D eigenvalue weighted by Crippen LogP contribution is 2.24. The minimum atomic E-state index is 0.622. The molecular formula is C15H17N5. The van der Waals surface area contributed by atoms with E-state index in [1.807, 2.05) is 23.9 Å². The molecule has 0 radical (unpaired) electrons. The van der Waals surface area contributed by atoms with Gasteiger partial charge in [0.1, 0.15) is 11.9 Å². The molecule has 0 aromatic carbocycles. The average Bonchev–Trinajstić information content (AvgIpc) is 2.89.